The number of nitrogens with one attached hydrogen (secondary N) is 1. The normalized spacial score (nSPS) is 24.3. The van der Waals surface area contributed by atoms with Crippen molar-refractivity contribution in [1.29, 1.82) is 0 Å². The van der Waals surface area contributed by atoms with Crippen LogP contribution in [0.4, 0.5) is 5.82 Å². The number of para-hydroxylation sites is 1. The van der Waals surface area contributed by atoms with Gasteiger partial charge in [-0.1, -0.05) is 18.2 Å². The average Bonchev–Trinajstić information content (AvgIpc) is 2.84. The Kier molecular flexibility index (Phi) is 9.46. The summed E-state index contributed by atoms with van der Waals surface area (Å²) in [7, 11) is -4.14. The first-order chi connectivity index (χ1) is 17.4. The number of carbonyl (C=O) groups excluding carboxylic acids is 1. The zero-order valence-electron chi connectivity index (χ0n) is 21.1. The van der Waals surface area contributed by atoms with Crippen molar-refractivity contribution in [3.05, 3.63) is 53.1 Å². The van der Waals surface area contributed by atoms with Crippen molar-refractivity contribution >= 4 is 19.5 Å². The fourth-order valence-corrected chi connectivity index (χ4v) is 4.93. The molecular weight excluding hydrogens is 507 g/mol. The topological polar surface area (TPSA) is 173 Å². The van der Waals surface area contributed by atoms with Gasteiger partial charge in [-0.25, -0.2) is 9.36 Å². The number of aliphatic hydroxyl groups excluding tert-OH is 1. The van der Waals surface area contributed by atoms with Crippen molar-refractivity contribution in [3.8, 4) is 5.75 Å². The molecule has 0 spiro atoms. The minimum absolute atomic E-state index is 0.0266. The van der Waals surface area contributed by atoms with E-state index in [2.05, 4.69) is 10.1 Å². The molecule has 13 nitrogen and oxygen atoms in total. The van der Waals surface area contributed by atoms with Crippen LogP contribution in [0.2, 0.25) is 0 Å². The second-order valence-corrected chi connectivity index (χ2v) is 10.7. The predicted octanol–water partition coefficient (Wildman–Crippen LogP) is 1.62. The van der Waals surface area contributed by atoms with Gasteiger partial charge < -0.3 is 29.6 Å². The van der Waals surface area contributed by atoms with Gasteiger partial charge in [0.25, 0.3) is 0 Å². The molecule has 2 aromatic rings. The van der Waals surface area contributed by atoms with E-state index >= 15 is 0 Å². The molecule has 1 aromatic heterocycles. The summed E-state index contributed by atoms with van der Waals surface area (Å²) in [4.78, 5) is 28.4. The van der Waals surface area contributed by atoms with E-state index in [0.717, 1.165) is 4.57 Å². The number of ether oxygens (including phenoxy) is 3. The van der Waals surface area contributed by atoms with E-state index in [1.807, 2.05) is 0 Å². The standard InChI is InChI=1S/C23H33N4O9P/c1-15(2)34-20(29)16(3)26-37(31,36-17-8-6-5-7-9-17)33-13-18-12-32-23(4,14-28)21(35-18)27-11-10-19(24)25-22(27)30/h5-11,15-16,18,21,28H,12-14H2,1-4H3,(H,26,31)(H2,24,25,30). The Morgan fingerprint density at radius 2 is 2.03 bits per heavy atom. The predicted molar refractivity (Wildman–Crippen MR) is 133 cm³/mol. The molecule has 0 radical (unpaired) electrons. The monoisotopic (exact) mass is 540 g/mol. The lowest BCUT2D eigenvalue weighted by Crippen LogP contribution is -2.54. The lowest BCUT2D eigenvalue weighted by Gasteiger charge is -2.43. The maximum Gasteiger partial charge on any atom is 0.459 e. The summed E-state index contributed by atoms with van der Waals surface area (Å²) in [5, 5.41) is 12.5. The summed E-state index contributed by atoms with van der Waals surface area (Å²) in [5.41, 5.74) is 3.60. The van der Waals surface area contributed by atoms with Gasteiger partial charge in [-0.2, -0.15) is 10.1 Å². The number of hydrogen-bond donors (Lipinski definition) is 3. The SMILES string of the molecule is CC(C)OC(=O)C(C)NP(=O)(OCC1COC(C)(CO)C(n2ccc(N)nc2=O)O1)Oc1ccccc1. The van der Waals surface area contributed by atoms with Crippen molar-refractivity contribution in [2.75, 3.05) is 25.6 Å². The molecule has 5 unspecified atom stereocenters. The van der Waals surface area contributed by atoms with Crippen molar-refractivity contribution < 1.29 is 37.7 Å². The van der Waals surface area contributed by atoms with Gasteiger partial charge in [0.15, 0.2) is 6.23 Å². The highest BCUT2D eigenvalue weighted by Crippen LogP contribution is 2.45. The first-order valence-electron chi connectivity index (χ1n) is 11.7. The van der Waals surface area contributed by atoms with Gasteiger partial charge in [0.2, 0.25) is 0 Å². The zero-order chi connectivity index (χ0) is 27.2. The molecule has 1 aliphatic rings. The van der Waals surface area contributed by atoms with Crippen molar-refractivity contribution in [2.45, 2.75) is 57.8 Å². The van der Waals surface area contributed by atoms with Crippen LogP contribution in [-0.4, -0.2) is 64.3 Å². The van der Waals surface area contributed by atoms with Crippen molar-refractivity contribution in [1.82, 2.24) is 14.6 Å². The molecule has 0 bridgehead atoms. The fourth-order valence-electron chi connectivity index (χ4n) is 3.41. The maximum absolute atomic E-state index is 13.7. The van der Waals surface area contributed by atoms with Crippen LogP contribution < -0.4 is 21.0 Å². The number of hydrogen-bond acceptors (Lipinski definition) is 11. The van der Waals surface area contributed by atoms with Crippen LogP contribution in [-0.2, 0) is 28.1 Å². The van der Waals surface area contributed by atoms with Crippen LogP contribution in [0.5, 0.6) is 5.75 Å². The van der Waals surface area contributed by atoms with Crippen LogP contribution >= 0.6 is 7.75 Å². The lowest BCUT2D eigenvalue weighted by atomic mass is 10.0. The third-order valence-electron chi connectivity index (χ3n) is 5.32. The highest BCUT2D eigenvalue weighted by Gasteiger charge is 2.45. The van der Waals surface area contributed by atoms with Crippen LogP contribution in [0.25, 0.3) is 0 Å². The number of nitrogens with two attached hydrogens (primary N) is 1. The minimum atomic E-state index is -4.14. The Bertz CT molecular complexity index is 1160. The third-order valence-corrected chi connectivity index (χ3v) is 6.96. The summed E-state index contributed by atoms with van der Waals surface area (Å²) in [5.74, 6) is -0.366. The first-order valence-corrected chi connectivity index (χ1v) is 13.2. The summed E-state index contributed by atoms with van der Waals surface area (Å²) in [6.07, 6.45) is -0.920. The van der Waals surface area contributed by atoms with E-state index in [-0.39, 0.29) is 30.9 Å². The summed E-state index contributed by atoms with van der Waals surface area (Å²) in [6.45, 7) is 5.61. The Morgan fingerprint density at radius 3 is 2.65 bits per heavy atom. The molecule has 0 aliphatic carbocycles. The van der Waals surface area contributed by atoms with E-state index < -0.39 is 50.0 Å². The number of benzene rings is 1. The summed E-state index contributed by atoms with van der Waals surface area (Å²) < 4.78 is 43.1. The van der Waals surface area contributed by atoms with Gasteiger partial charge in [0.05, 0.1) is 25.9 Å². The van der Waals surface area contributed by atoms with Gasteiger partial charge in [-0.3, -0.25) is 13.9 Å². The molecule has 2 heterocycles. The minimum Gasteiger partial charge on any atom is -0.462 e. The molecule has 0 saturated carbocycles. The number of aliphatic hydroxyl groups is 1. The van der Waals surface area contributed by atoms with Gasteiger partial charge in [0, 0.05) is 6.20 Å². The van der Waals surface area contributed by atoms with Crippen LogP contribution in [0.3, 0.4) is 0 Å². The number of esters is 1. The van der Waals surface area contributed by atoms with Crippen molar-refractivity contribution in [2.24, 2.45) is 0 Å². The van der Waals surface area contributed by atoms with Crippen LogP contribution in [0.1, 0.15) is 33.9 Å². The van der Waals surface area contributed by atoms with Gasteiger partial charge >= 0.3 is 19.4 Å². The number of nitrogens with zero attached hydrogens (tertiary/aromatic N) is 2. The quantitative estimate of drug-likeness (QED) is 0.278. The molecule has 5 atom stereocenters. The highest BCUT2D eigenvalue weighted by atomic mass is 31.2. The zero-order valence-corrected chi connectivity index (χ0v) is 22.0. The smallest absolute Gasteiger partial charge is 0.459 e. The number of rotatable bonds is 11. The molecule has 204 valence electrons. The van der Waals surface area contributed by atoms with Gasteiger partial charge in [0.1, 0.15) is 29.3 Å². The van der Waals surface area contributed by atoms with Crippen LogP contribution in [0, 0.1) is 0 Å². The van der Waals surface area contributed by atoms with E-state index in [1.165, 1.54) is 19.2 Å². The number of nitrogen functional groups attached to an aromatic ring is 1. The average molecular weight is 541 g/mol. The second-order valence-electron chi connectivity index (χ2n) is 8.97. The Hall–Kier alpha value is -2.80. The Labute approximate surface area is 214 Å². The van der Waals surface area contributed by atoms with Gasteiger partial charge in [-0.15, -0.1) is 0 Å². The molecular formula is C23H33N4O9P. The fraction of sp³-hybridized carbons (Fsp3) is 0.522. The molecule has 1 aromatic carbocycles. The molecule has 4 N–H and O–H groups in total. The van der Waals surface area contributed by atoms with E-state index in [0.29, 0.717) is 0 Å². The number of aromatic nitrogens is 2. The molecule has 0 amide bonds. The molecule has 1 aliphatic heterocycles. The number of carbonyl (C=O) groups is 1. The highest BCUT2D eigenvalue weighted by molar-refractivity contribution is 7.52. The second kappa shape index (κ2) is 12.2. The summed E-state index contributed by atoms with van der Waals surface area (Å²) in [6, 6.07) is 8.68. The third kappa shape index (κ3) is 7.60. The molecule has 37 heavy (non-hydrogen) atoms. The largest absolute Gasteiger partial charge is 0.462 e. The summed E-state index contributed by atoms with van der Waals surface area (Å²) >= 11 is 0. The maximum atomic E-state index is 13.7. The Morgan fingerprint density at radius 1 is 1.32 bits per heavy atom. The van der Waals surface area contributed by atoms with E-state index in [9.17, 15) is 19.3 Å². The van der Waals surface area contributed by atoms with E-state index in [4.69, 9.17) is 29.0 Å². The van der Waals surface area contributed by atoms with Gasteiger partial charge in [-0.05, 0) is 45.9 Å². The van der Waals surface area contributed by atoms with Crippen molar-refractivity contribution in [3.63, 3.8) is 0 Å². The molecule has 1 fully saturated rings. The first kappa shape index (κ1) is 28.8. The Balaban J connectivity index is 1.78. The number of anilines is 1. The van der Waals surface area contributed by atoms with E-state index in [1.54, 1.807) is 51.1 Å². The van der Waals surface area contributed by atoms with Crippen LogP contribution in [0.15, 0.2) is 47.4 Å². The lowest BCUT2D eigenvalue weighted by molar-refractivity contribution is -0.270. The molecule has 3 rings (SSSR count). The molecule has 14 heteroatoms. The molecule has 1 saturated heterocycles.